The zero-order valence-electron chi connectivity index (χ0n) is 12.0. The number of benzene rings is 1. The summed E-state index contributed by atoms with van der Waals surface area (Å²) in [7, 11) is 0. The van der Waals surface area contributed by atoms with Crippen LogP contribution in [0.15, 0.2) is 54.4 Å². The Kier molecular flexibility index (Phi) is 3.91. The summed E-state index contributed by atoms with van der Waals surface area (Å²) in [6.07, 6.45) is 5.88. The summed E-state index contributed by atoms with van der Waals surface area (Å²) in [5.74, 6) is -0.653. The Labute approximate surface area is 124 Å². The number of carbonyl (C=O) groups is 1. The lowest BCUT2D eigenvalue weighted by atomic mass is 9.91. The molecule has 0 radical (unpaired) electrons. The quantitative estimate of drug-likeness (QED) is 0.782. The van der Waals surface area contributed by atoms with Crippen LogP contribution in [-0.4, -0.2) is 12.6 Å². The molecule has 1 aromatic rings. The number of rotatable bonds is 4. The van der Waals surface area contributed by atoms with Crippen molar-refractivity contribution in [2.75, 3.05) is 6.61 Å². The van der Waals surface area contributed by atoms with Crippen molar-refractivity contribution in [3.8, 4) is 0 Å². The first-order chi connectivity index (χ1) is 10.2. The number of ether oxygens (including phenoxy) is 1. The molecule has 1 aromatic carbocycles. The summed E-state index contributed by atoms with van der Waals surface area (Å²) in [6, 6.07) is 9.89. The van der Waals surface area contributed by atoms with Crippen LogP contribution in [0.4, 0.5) is 4.39 Å². The summed E-state index contributed by atoms with van der Waals surface area (Å²) in [5, 5.41) is 0. The molecular formula is C18H19FO2. The van der Waals surface area contributed by atoms with Gasteiger partial charge in [0.05, 0.1) is 12.5 Å². The molecule has 0 N–H and O–H groups in total. The number of halogens is 1. The van der Waals surface area contributed by atoms with E-state index in [2.05, 4.69) is 0 Å². The fourth-order valence-corrected chi connectivity index (χ4v) is 3.44. The van der Waals surface area contributed by atoms with E-state index in [4.69, 9.17) is 4.74 Å². The lowest BCUT2D eigenvalue weighted by Crippen LogP contribution is -2.13. The minimum atomic E-state index is -0.219. The average molecular weight is 286 g/mol. The number of carbonyl (C=O) groups excluding carboxylic acids is 1. The molecule has 0 aliphatic heterocycles. The molecule has 1 saturated carbocycles. The van der Waals surface area contributed by atoms with Gasteiger partial charge in [-0.1, -0.05) is 42.5 Å². The summed E-state index contributed by atoms with van der Waals surface area (Å²) < 4.78 is 19.3. The zero-order chi connectivity index (χ0) is 14.8. The Hall–Kier alpha value is -1.90. The minimum absolute atomic E-state index is 0.00708. The maximum absolute atomic E-state index is 14.1. The van der Waals surface area contributed by atoms with Gasteiger partial charge in [-0.2, -0.15) is 0 Å². The summed E-state index contributed by atoms with van der Waals surface area (Å²) in [6.45, 7) is 2.17. The number of esters is 1. The molecule has 3 heteroatoms. The van der Waals surface area contributed by atoms with Crippen molar-refractivity contribution in [1.82, 2.24) is 0 Å². The molecule has 0 aromatic heterocycles. The van der Waals surface area contributed by atoms with Crippen LogP contribution in [0.3, 0.4) is 0 Å². The second-order valence-corrected chi connectivity index (χ2v) is 5.61. The highest BCUT2D eigenvalue weighted by Gasteiger charge is 2.60. The molecule has 1 fully saturated rings. The molecule has 2 aliphatic rings. The highest BCUT2D eigenvalue weighted by atomic mass is 19.1. The second-order valence-electron chi connectivity index (χ2n) is 5.61. The van der Waals surface area contributed by atoms with Gasteiger partial charge >= 0.3 is 5.97 Å². The fraction of sp³-hybridized carbons (Fsp3) is 0.389. The van der Waals surface area contributed by atoms with Gasteiger partial charge in [-0.05, 0) is 30.9 Å². The molecule has 2 nitrogen and oxygen atoms in total. The van der Waals surface area contributed by atoms with Gasteiger partial charge in [0.1, 0.15) is 5.83 Å². The molecule has 1 unspecified atom stereocenters. The van der Waals surface area contributed by atoms with Crippen LogP contribution >= 0.6 is 0 Å². The van der Waals surface area contributed by atoms with E-state index in [0.29, 0.717) is 13.0 Å². The molecule has 2 aliphatic carbocycles. The van der Waals surface area contributed by atoms with Crippen LogP contribution in [0.2, 0.25) is 0 Å². The van der Waals surface area contributed by atoms with Crippen LogP contribution in [0.25, 0.3) is 0 Å². The van der Waals surface area contributed by atoms with Crippen LogP contribution in [0.1, 0.15) is 24.8 Å². The molecule has 0 spiro atoms. The van der Waals surface area contributed by atoms with E-state index in [1.165, 1.54) is 6.08 Å². The summed E-state index contributed by atoms with van der Waals surface area (Å²) in [5.41, 5.74) is 1.10. The maximum atomic E-state index is 14.1. The highest BCUT2D eigenvalue weighted by molar-refractivity contribution is 5.78. The van der Waals surface area contributed by atoms with Gasteiger partial charge in [-0.3, -0.25) is 4.79 Å². The van der Waals surface area contributed by atoms with E-state index < -0.39 is 0 Å². The van der Waals surface area contributed by atoms with Gasteiger partial charge in [-0.15, -0.1) is 0 Å². The molecular weight excluding hydrogens is 267 g/mol. The van der Waals surface area contributed by atoms with Crippen molar-refractivity contribution >= 4 is 5.97 Å². The molecule has 4 atom stereocenters. The second kappa shape index (κ2) is 5.84. The molecule has 0 heterocycles. The SMILES string of the molecule is CCOC(=O)[C@H]1[C@H](c2ccccc2)[C@H]1C1CC=CC=C1F. The topological polar surface area (TPSA) is 26.3 Å². The Morgan fingerprint density at radius 3 is 2.76 bits per heavy atom. The van der Waals surface area contributed by atoms with Crippen LogP contribution in [0, 0.1) is 17.8 Å². The molecule has 0 amide bonds. The van der Waals surface area contributed by atoms with E-state index in [1.54, 1.807) is 13.0 Å². The van der Waals surface area contributed by atoms with Gasteiger partial charge in [0.15, 0.2) is 0 Å². The van der Waals surface area contributed by atoms with E-state index >= 15 is 0 Å². The average Bonchev–Trinajstić information content (AvgIpc) is 3.24. The van der Waals surface area contributed by atoms with Gasteiger partial charge in [-0.25, -0.2) is 4.39 Å². The standard InChI is InChI=1S/C18H19FO2/c1-2-21-18(20)17-15(12-8-4-3-5-9-12)16(17)13-10-6-7-11-14(13)19/h3-9,11,13,15-17H,2,10H2,1H3/t13?,15-,16-,17+/m1/s1. The van der Waals surface area contributed by atoms with E-state index in [9.17, 15) is 9.18 Å². The first-order valence-electron chi connectivity index (χ1n) is 7.47. The molecule has 3 rings (SSSR count). The minimum Gasteiger partial charge on any atom is -0.466 e. The van der Waals surface area contributed by atoms with Gasteiger partial charge in [0.25, 0.3) is 0 Å². The van der Waals surface area contributed by atoms with E-state index in [0.717, 1.165) is 5.56 Å². The van der Waals surface area contributed by atoms with Crippen LogP contribution in [0.5, 0.6) is 0 Å². The summed E-state index contributed by atoms with van der Waals surface area (Å²) in [4.78, 5) is 12.2. The molecule has 21 heavy (non-hydrogen) atoms. The number of hydrogen-bond donors (Lipinski definition) is 0. The molecule has 0 saturated heterocycles. The van der Waals surface area contributed by atoms with E-state index in [1.807, 2.05) is 36.4 Å². The Bertz CT molecular complexity index is 576. The Morgan fingerprint density at radius 2 is 2.10 bits per heavy atom. The van der Waals surface area contributed by atoms with Crippen molar-refractivity contribution in [2.24, 2.45) is 17.8 Å². The zero-order valence-corrected chi connectivity index (χ0v) is 12.0. The van der Waals surface area contributed by atoms with Crippen molar-refractivity contribution in [3.63, 3.8) is 0 Å². The van der Waals surface area contributed by atoms with Crippen LogP contribution < -0.4 is 0 Å². The smallest absolute Gasteiger partial charge is 0.309 e. The predicted molar refractivity (Wildman–Crippen MR) is 79.2 cm³/mol. The number of hydrogen-bond acceptors (Lipinski definition) is 2. The van der Waals surface area contributed by atoms with Crippen molar-refractivity contribution < 1.29 is 13.9 Å². The summed E-state index contributed by atoms with van der Waals surface area (Å²) >= 11 is 0. The van der Waals surface area contributed by atoms with Crippen molar-refractivity contribution in [2.45, 2.75) is 19.3 Å². The lowest BCUT2D eigenvalue weighted by Gasteiger charge is -2.15. The van der Waals surface area contributed by atoms with E-state index in [-0.39, 0.29) is 35.5 Å². The van der Waals surface area contributed by atoms with Crippen molar-refractivity contribution in [3.05, 3.63) is 60.0 Å². The third-order valence-corrected chi connectivity index (χ3v) is 4.42. The fourth-order valence-electron chi connectivity index (χ4n) is 3.44. The van der Waals surface area contributed by atoms with Gasteiger partial charge in [0, 0.05) is 11.8 Å². The number of allylic oxidation sites excluding steroid dienone is 4. The maximum Gasteiger partial charge on any atom is 0.309 e. The molecule has 0 bridgehead atoms. The monoisotopic (exact) mass is 286 g/mol. The lowest BCUT2D eigenvalue weighted by molar-refractivity contribution is -0.145. The Morgan fingerprint density at radius 1 is 1.33 bits per heavy atom. The largest absolute Gasteiger partial charge is 0.466 e. The first-order valence-corrected chi connectivity index (χ1v) is 7.47. The molecule has 110 valence electrons. The van der Waals surface area contributed by atoms with Crippen LogP contribution in [-0.2, 0) is 9.53 Å². The van der Waals surface area contributed by atoms with Gasteiger partial charge < -0.3 is 4.74 Å². The first kappa shape index (κ1) is 14.1. The third kappa shape index (κ3) is 2.65. The van der Waals surface area contributed by atoms with Gasteiger partial charge in [0.2, 0.25) is 0 Å². The Balaban J connectivity index is 1.85. The highest BCUT2D eigenvalue weighted by Crippen LogP contribution is 2.61. The third-order valence-electron chi connectivity index (χ3n) is 4.42. The normalized spacial score (nSPS) is 30.7. The predicted octanol–water partition coefficient (Wildman–Crippen LogP) is 4.01. The van der Waals surface area contributed by atoms with Crippen molar-refractivity contribution in [1.29, 1.82) is 0 Å².